The Morgan fingerprint density at radius 2 is 0.513 bits per heavy atom. The fraction of sp³-hybridized carbons (Fsp3) is 0.0976. The molecule has 0 atom stereocenters. The van der Waals surface area contributed by atoms with Crippen LogP contribution in [-0.4, -0.2) is 127 Å². The maximum absolute atomic E-state index is 7.38. The molecular formula is C123H99Al5GaN9O12. The van der Waals surface area contributed by atoms with Gasteiger partial charge in [0, 0.05) is 55.4 Å². The Hall–Kier alpha value is -15.9. The van der Waals surface area contributed by atoms with E-state index in [1.54, 1.807) is 24.3 Å². The fourth-order valence-electron chi connectivity index (χ4n) is 16.4. The van der Waals surface area contributed by atoms with Crippen molar-refractivity contribution in [2.45, 2.75) is 83.1 Å². The summed E-state index contributed by atoms with van der Waals surface area (Å²) in [5, 5.41) is 5.73. The quantitative estimate of drug-likeness (QED) is 0.0347. The van der Waals surface area contributed by atoms with Crippen molar-refractivity contribution in [1.82, 2.24) is 29.9 Å². The molecule has 0 fully saturated rings. The Morgan fingerprint density at radius 3 is 0.940 bits per heavy atom. The van der Waals surface area contributed by atoms with Gasteiger partial charge in [0.2, 0.25) is 0 Å². The first-order chi connectivity index (χ1) is 73.2. The van der Waals surface area contributed by atoms with E-state index >= 15 is 0 Å². The third-order valence-electron chi connectivity index (χ3n) is 23.8. The van der Waals surface area contributed by atoms with Gasteiger partial charge >= 0.3 is 229 Å². The summed E-state index contributed by atoms with van der Waals surface area (Å²) in [7, 11) is 0. The summed E-state index contributed by atoms with van der Waals surface area (Å²) in [4.78, 5) is 38.2. The van der Waals surface area contributed by atoms with Gasteiger partial charge in [-0.3, -0.25) is 9.97 Å². The van der Waals surface area contributed by atoms with Gasteiger partial charge in [-0.25, -0.2) is 24.6 Å². The Labute approximate surface area is 916 Å². The Kier molecular flexibility index (Phi) is 37.9. The molecule has 21 aromatic rings. The summed E-state index contributed by atoms with van der Waals surface area (Å²) < 4.78 is 70.4. The molecule has 0 saturated heterocycles. The van der Waals surface area contributed by atoms with Gasteiger partial charge < -0.3 is 37.9 Å². The second kappa shape index (κ2) is 53.1. The molecule has 6 heterocycles. The molecule has 21 nitrogen and oxygen atoms in total. The number of para-hydroxylation sites is 6. The summed E-state index contributed by atoms with van der Waals surface area (Å²) in [6, 6.07) is 125. The van der Waals surface area contributed by atoms with Gasteiger partial charge in [0.15, 0.2) is 11.4 Å². The molecule has 0 aliphatic heterocycles. The van der Waals surface area contributed by atoms with Gasteiger partial charge in [-0.1, -0.05) is 236 Å². The van der Waals surface area contributed by atoms with E-state index in [4.69, 9.17) is 64.7 Å². The SMILES string of the molecule is Cc1cc(C)c2cccc([O][Al][O]c3ccc(-c4ccccc4)cc3)c2n1.Cc1ccc2cccc([O][Al][O]c3ccc(-c4ccccc4)cc3)c2n1.Cc1ccc2cccc([O][Al][O]c3ccccc3)c2n1.[C-]#[N+]c1ccc([O][Al][O]c2c(C)cccc2C)c2nc(C)cc(C)c12.[C-]#[N+]c1ccc([O][Al][O]c2ccc(-c3ccccc3)cc2)c2nc(C)ccc12.[C-]#[N+]c1ccc([O][Ga][O]c2c(C)cccc2C)c2nc(C)ccc12. The number of hydrogen-bond acceptors (Lipinski definition) is 18. The number of benzene rings is 15. The van der Waals surface area contributed by atoms with Crippen molar-refractivity contribution in [3.8, 4) is 102 Å². The maximum atomic E-state index is 7.38. The third kappa shape index (κ3) is 28.7. The summed E-state index contributed by atoms with van der Waals surface area (Å²) in [5.74, 6) is 9.30. The number of fused-ring (bicyclic) bond motifs is 6. The zero-order valence-electron chi connectivity index (χ0n) is 84.8. The van der Waals surface area contributed by atoms with Crippen molar-refractivity contribution in [3.63, 3.8) is 0 Å². The van der Waals surface area contributed by atoms with Crippen LogP contribution in [0.1, 0.15) is 67.5 Å². The Bertz CT molecular complexity index is 8380. The first kappa shape index (κ1) is 107. The standard InChI is InChI=1S/C12H10N2O.3C12H10O.2C11H8N2O.C11H11NO.2C10H9NO.2C8H10O.C6H6O.5Al.Ga/c1-7-6-8(2)14-12-10(15)5-4-9(13-3)11(7)12;3*13-12-8-6-11(7-9-12)10-4-2-1-3-5-10;2*1-7-3-4-8-9(12-2)5-6-10(14)11(8)13-7;1-7-6-8(2)12-11-9(7)4-3-5-10(11)13;2*1-7-5-6-8-3-2-4-9(12)10(8)11-7;2*1-6-4-3-5-7(2)8(6)9;7-6-4-2-1-3-5-6;;;;;;/h4-6,15H,1-2H3;3*1-9,13H;2*3-6,14H,1H3;3-6,13H,1-2H3;2*2-6,12H,1H3;2*3-5,9H,1-2H3;1-5,7H;;;;;;/q;;;;;;;;;;;;6*+2/p-12. The molecule has 0 amide bonds. The Morgan fingerprint density at radius 1 is 0.207 bits per heavy atom. The molecular weight excluding hydrogens is 2000 g/mol. The van der Waals surface area contributed by atoms with E-state index in [1.807, 2.05) is 349 Å². The summed E-state index contributed by atoms with van der Waals surface area (Å²) in [6.07, 6.45) is 0. The molecule has 6 radical (unpaired) electrons. The minimum atomic E-state index is -1.43. The van der Waals surface area contributed by atoms with Crippen LogP contribution in [0.2, 0.25) is 0 Å². The zero-order chi connectivity index (χ0) is 105. The molecule has 15 aromatic carbocycles. The second-order valence-corrected chi connectivity index (χ2v) is 39.5. The summed E-state index contributed by atoms with van der Waals surface area (Å²) in [6.45, 7) is 45.9. The van der Waals surface area contributed by atoms with Gasteiger partial charge in [0.05, 0.1) is 52.9 Å². The van der Waals surface area contributed by atoms with Gasteiger partial charge in [0.25, 0.3) is 0 Å². The molecule has 27 heteroatoms. The van der Waals surface area contributed by atoms with Crippen LogP contribution in [-0.2, 0) is 0 Å². The van der Waals surface area contributed by atoms with Crippen LogP contribution in [0, 0.1) is 103 Å². The molecule has 150 heavy (non-hydrogen) atoms. The van der Waals surface area contributed by atoms with Crippen LogP contribution >= 0.6 is 0 Å². The van der Waals surface area contributed by atoms with Crippen LogP contribution in [0.15, 0.2) is 382 Å². The number of nitrogens with zero attached hydrogens (tertiary/aromatic N) is 9. The topological polar surface area (TPSA) is 201 Å². The van der Waals surface area contributed by atoms with E-state index in [-0.39, 0.29) is 0 Å². The van der Waals surface area contributed by atoms with Crippen LogP contribution in [0.5, 0.6) is 69.0 Å². The zero-order valence-corrected chi connectivity index (χ0v) is 93.0. The average Bonchev–Trinajstić information content (AvgIpc) is 0.773. The van der Waals surface area contributed by atoms with Gasteiger partial charge in [-0.15, -0.1) is 0 Å². The van der Waals surface area contributed by atoms with E-state index in [1.165, 1.54) is 33.4 Å². The van der Waals surface area contributed by atoms with E-state index < -0.39 is 97.6 Å². The normalized spacial score (nSPS) is 10.4. The first-order valence-electron chi connectivity index (χ1n) is 48.2. The first-order valence-corrected chi connectivity index (χ1v) is 54.9. The van der Waals surface area contributed by atoms with Gasteiger partial charge in [-0.2, -0.15) is 0 Å². The third-order valence-corrected chi connectivity index (χ3v) is 28.8. The summed E-state index contributed by atoms with van der Waals surface area (Å²) in [5.41, 5.74) is 25.9. The van der Waals surface area contributed by atoms with Crippen molar-refractivity contribution in [1.29, 1.82) is 0 Å². The summed E-state index contributed by atoms with van der Waals surface area (Å²) >= 11 is -4.86. The average molecular weight is 2100 g/mol. The number of aryl methyl sites for hydroxylation is 12. The van der Waals surface area contributed by atoms with E-state index in [2.05, 4.69) is 136 Å². The minimum absolute atomic E-state index is 0.572. The molecule has 0 unspecified atom stereocenters. The fourth-order valence-corrected chi connectivity index (χ4v) is 21.3. The number of pyridine rings is 6. The molecule has 6 aromatic heterocycles. The van der Waals surface area contributed by atoms with Crippen molar-refractivity contribution >= 4 is 180 Å². The van der Waals surface area contributed by atoms with Crippen molar-refractivity contribution < 1.29 is 44.9 Å². The van der Waals surface area contributed by atoms with Crippen LogP contribution in [0.4, 0.5) is 17.1 Å². The second-order valence-electron chi connectivity index (χ2n) is 34.8. The number of hydrogen-bond donors (Lipinski definition) is 0. The predicted octanol–water partition coefficient (Wildman–Crippen LogP) is 29.7. The molecule has 0 saturated carbocycles. The molecule has 726 valence electrons. The number of aromatic nitrogens is 6. The molecule has 0 aliphatic rings. The molecule has 0 spiro atoms. The molecule has 0 bridgehead atoms. The Balaban J connectivity index is 0.000000128. The van der Waals surface area contributed by atoms with Crippen molar-refractivity contribution in [2.24, 2.45) is 0 Å². The van der Waals surface area contributed by atoms with Crippen LogP contribution in [0.25, 0.3) is 113 Å². The van der Waals surface area contributed by atoms with Crippen LogP contribution in [0.3, 0.4) is 0 Å². The predicted molar refractivity (Wildman–Crippen MR) is 603 cm³/mol. The van der Waals surface area contributed by atoms with E-state index in [9.17, 15) is 0 Å². The molecule has 21 rings (SSSR count). The van der Waals surface area contributed by atoms with E-state index in [0.717, 1.165) is 179 Å². The monoisotopic (exact) mass is 2100 g/mol. The van der Waals surface area contributed by atoms with Crippen molar-refractivity contribution in [2.75, 3.05) is 0 Å². The molecule has 0 N–H and O–H groups in total. The van der Waals surface area contributed by atoms with Gasteiger partial charge in [-0.05, 0) is 222 Å². The van der Waals surface area contributed by atoms with Crippen LogP contribution < -0.4 is 44.9 Å². The van der Waals surface area contributed by atoms with E-state index in [0.29, 0.717) is 39.8 Å². The molecule has 0 aliphatic carbocycles. The number of rotatable bonds is 27. The van der Waals surface area contributed by atoms with Gasteiger partial charge in [0.1, 0.15) is 45.3 Å². The van der Waals surface area contributed by atoms with Crippen molar-refractivity contribution in [3.05, 3.63) is 484 Å².